The maximum absolute atomic E-state index is 13.7. The van der Waals surface area contributed by atoms with Crippen molar-refractivity contribution in [3.05, 3.63) is 51.6 Å². The molecule has 0 radical (unpaired) electrons. The number of carbonyl (C=O) groups excluding carboxylic acids is 2. The maximum Gasteiger partial charge on any atom is 0.202 e. The van der Waals surface area contributed by atoms with Crippen molar-refractivity contribution in [3.63, 3.8) is 0 Å². The van der Waals surface area contributed by atoms with Crippen molar-refractivity contribution in [3.8, 4) is 17.2 Å². The Bertz CT molecular complexity index is 1560. The fourth-order valence-electron chi connectivity index (χ4n) is 7.55. The zero-order valence-corrected chi connectivity index (χ0v) is 27.0. The first-order valence-electron chi connectivity index (χ1n) is 16.1. The van der Waals surface area contributed by atoms with Crippen molar-refractivity contribution in [1.82, 2.24) is 4.90 Å². The van der Waals surface area contributed by atoms with Crippen LogP contribution in [0.3, 0.4) is 0 Å². The van der Waals surface area contributed by atoms with Gasteiger partial charge in [-0.25, -0.2) is 0 Å². The first-order valence-corrected chi connectivity index (χ1v) is 16.1. The van der Waals surface area contributed by atoms with Gasteiger partial charge in [-0.2, -0.15) is 0 Å². The zero-order valence-electron chi connectivity index (χ0n) is 27.0. The summed E-state index contributed by atoms with van der Waals surface area (Å²) in [5, 5.41) is 65.9. The van der Waals surface area contributed by atoms with E-state index in [4.69, 9.17) is 18.9 Å². The molecule has 10 atom stereocenters. The highest BCUT2D eigenvalue weighted by Gasteiger charge is 2.51. The number of phenolic OH excluding ortho intramolecular Hbond substituents is 3. The van der Waals surface area contributed by atoms with E-state index < -0.39 is 94.7 Å². The van der Waals surface area contributed by atoms with Gasteiger partial charge in [0, 0.05) is 35.6 Å². The third-order valence-electron chi connectivity index (χ3n) is 10.3. The molecule has 2 aliphatic carbocycles. The molecule has 13 nitrogen and oxygen atoms in total. The molecule has 6 N–H and O–H groups in total. The lowest BCUT2D eigenvalue weighted by atomic mass is 9.71. The molecule has 0 bridgehead atoms. The lowest BCUT2D eigenvalue weighted by Crippen LogP contribution is -2.58. The molecule has 2 fully saturated rings. The molecule has 0 spiro atoms. The van der Waals surface area contributed by atoms with E-state index >= 15 is 0 Å². The summed E-state index contributed by atoms with van der Waals surface area (Å²) in [7, 11) is 3.73. The zero-order chi connectivity index (χ0) is 34.1. The topological polar surface area (TPSA) is 196 Å². The molecule has 0 aromatic heterocycles. The van der Waals surface area contributed by atoms with Gasteiger partial charge >= 0.3 is 0 Å². The Labute approximate surface area is 272 Å². The van der Waals surface area contributed by atoms with Crippen molar-refractivity contribution in [2.24, 2.45) is 0 Å². The Hall–Kier alpha value is -3.14. The molecule has 2 aliphatic heterocycles. The number of fused-ring (bicyclic) bond motifs is 3. The van der Waals surface area contributed by atoms with Gasteiger partial charge in [0.05, 0.1) is 40.6 Å². The van der Waals surface area contributed by atoms with Crippen molar-refractivity contribution in [2.75, 3.05) is 14.1 Å². The molecule has 2 heterocycles. The molecular weight excluding hydrogens is 614 g/mol. The number of carbonyl (C=O) groups is 2. The monoisotopic (exact) mass is 657 g/mol. The second-order valence-electron chi connectivity index (χ2n) is 13.4. The van der Waals surface area contributed by atoms with Gasteiger partial charge < -0.3 is 54.5 Å². The van der Waals surface area contributed by atoms with Crippen molar-refractivity contribution in [2.45, 2.75) is 114 Å². The largest absolute Gasteiger partial charge is 0.507 e. The van der Waals surface area contributed by atoms with Gasteiger partial charge in [-0.15, -0.1) is 0 Å². The standard InChI is InChI=1S/C34H43NO12/c1-6-34(43)11-10-17-24(31(42)26-25(29(17)40)30(41)23-16(28(26)39)8-7-9-19(23)36)33(34)47-21-12-18(35(4)5)32(15(3)45-21)46-22-13-20(37)27(38)14(2)44-22/h7-9,14-15,18,20-22,27,32-33,36-38,40,42-43H,6,10-13H2,1-5H3. The smallest absolute Gasteiger partial charge is 0.202 e. The SMILES string of the molecule is CCC1(O)CCc2c(O)c3c(c(O)c2C1OC1CC(N(C)C)C(OC2CC(O)C(O)C(C)O2)C(C)O1)C(=O)c1cccc(O)c1C3=O. The second-order valence-corrected chi connectivity index (χ2v) is 13.4. The van der Waals surface area contributed by atoms with Gasteiger partial charge in [0.2, 0.25) is 5.78 Å². The first kappa shape index (κ1) is 33.7. The number of benzene rings is 2. The normalized spacial score (nSPS) is 35.4. The molecule has 2 aromatic rings. The van der Waals surface area contributed by atoms with Crippen LogP contribution < -0.4 is 0 Å². The van der Waals surface area contributed by atoms with Crippen LogP contribution in [0, 0.1) is 0 Å². The number of ether oxygens (including phenoxy) is 4. The summed E-state index contributed by atoms with van der Waals surface area (Å²) >= 11 is 0. The van der Waals surface area contributed by atoms with Crippen LogP contribution in [0.2, 0.25) is 0 Å². The third-order valence-corrected chi connectivity index (χ3v) is 10.3. The van der Waals surface area contributed by atoms with E-state index in [1.807, 2.05) is 19.0 Å². The van der Waals surface area contributed by atoms with E-state index in [0.29, 0.717) is 0 Å². The molecule has 2 saturated heterocycles. The van der Waals surface area contributed by atoms with Gasteiger partial charge in [-0.1, -0.05) is 19.1 Å². The average molecular weight is 658 g/mol. The molecule has 0 saturated carbocycles. The number of hydrogen-bond acceptors (Lipinski definition) is 13. The molecule has 256 valence electrons. The van der Waals surface area contributed by atoms with Crippen molar-refractivity contribution >= 4 is 11.6 Å². The van der Waals surface area contributed by atoms with E-state index in [2.05, 4.69) is 0 Å². The fraction of sp³-hybridized carbons (Fsp3) is 0.588. The molecule has 4 aliphatic rings. The molecule has 6 rings (SSSR count). The number of ketones is 2. The molecule has 2 aromatic carbocycles. The Morgan fingerprint density at radius 3 is 2.23 bits per heavy atom. The third kappa shape index (κ3) is 5.52. The Morgan fingerprint density at radius 1 is 0.915 bits per heavy atom. The molecule has 0 amide bonds. The minimum Gasteiger partial charge on any atom is -0.507 e. The summed E-state index contributed by atoms with van der Waals surface area (Å²) in [4.78, 5) is 29.2. The molecular formula is C34H43NO12. The Kier molecular flexibility index (Phi) is 8.90. The molecule has 10 unspecified atom stereocenters. The van der Waals surface area contributed by atoms with Crippen molar-refractivity contribution in [1.29, 1.82) is 0 Å². The number of hydrogen-bond donors (Lipinski definition) is 6. The lowest BCUT2D eigenvalue weighted by molar-refractivity contribution is -0.316. The summed E-state index contributed by atoms with van der Waals surface area (Å²) in [5.74, 6) is -3.03. The minimum atomic E-state index is -1.53. The Balaban J connectivity index is 1.34. The summed E-state index contributed by atoms with van der Waals surface area (Å²) in [6, 6.07) is 3.75. The van der Waals surface area contributed by atoms with E-state index in [-0.39, 0.29) is 60.4 Å². The summed E-state index contributed by atoms with van der Waals surface area (Å²) in [5.41, 5.74) is -2.52. The first-order chi connectivity index (χ1) is 22.2. The van der Waals surface area contributed by atoms with Crippen LogP contribution in [-0.2, 0) is 25.4 Å². The van der Waals surface area contributed by atoms with Crippen LogP contribution in [0.5, 0.6) is 17.2 Å². The van der Waals surface area contributed by atoms with E-state index in [1.54, 1.807) is 20.8 Å². The lowest BCUT2D eigenvalue weighted by Gasteiger charge is -2.48. The van der Waals surface area contributed by atoms with E-state index in [0.717, 1.165) is 0 Å². The fourth-order valence-corrected chi connectivity index (χ4v) is 7.55. The highest BCUT2D eigenvalue weighted by Crippen LogP contribution is 2.54. The highest BCUT2D eigenvalue weighted by atomic mass is 16.7. The molecule has 13 heteroatoms. The van der Waals surface area contributed by atoms with Crippen LogP contribution in [-0.4, -0.2) is 116 Å². The highest BCUT2D eigenvalue weighted by molar-refractivity contribution is 6.31. The van der Waals surface area contributed by atoms with E-state index in [9.17, 15) is 40.2 Å². The van der Waals surface area contributed by atoms with Gasteiger partial charge in [-0.05, 0) is 53.3 Å². The summed E-state index contributed by atoms with van der Waals surface area (Å²) < 4.78 is 24.9. The second kappa shape index (κ2) is 12.4. The number of aliphatic hydroxyl groups is 3. The number of likely N-dealkylation sites (N-methyl/N-ethyl adjacent to an activating group) is 1. The summed E-state index contributed by atoms with van der Waals surface area (Å²) in [6.45, 7) is 5.22. The van der Waals surface area contributed by atoms with Crippen LogP contribution in [0.15, 0.2) is 18.2 Å². The Morgan fingerprint density at radius 2 is 1.57 bits per heavy atom. The van der Waals surface area contributed by atoms with Gasteiger partial charge in [0.25, 0.3) is 0 Å². The average Bonchev–Trinajstić information content (AvgIpc) is 3.02. The van der Waals surface area contributed by atoms with Gasteiger partial charge in [-0.3, -0.25) is 9.59 Å². The molecule has 47 heavy (non-hydrogen) atoms. The van der Waals surface area contributed by atoms with Crippen molar-refractivity contribution < 1.29 is 59.2 Å². The van der Waals surface area contributed by atoms with Crippen LogP contribution in [0.1, 0.15) is 95.5 Å². The predicted octanol–water partition coefficient (Wildman–Crippen LogP) is 2.03. The number of aromatic hydroxyl groups is 3. The van der Waals surface area contributed by atoms with Gasteiger partial charge in [0.15, 0.2) is 18.4 Å². The number of aliphatic hydroxyl groups excluding tert-OH is 2. The van der Waals surface area contributed by atoms with Gasteiger partial charge in [0.1, 0.15) is 35.6 Å². The maximum atomic E-state index is 13.7. The number of rotatable bonds is 6. The van der Waals surface area contributed by atoms with Crippen LogP contribution in [0.4, 0.5) is 0 Å². The van der Waals surface area contributed by atoms with Crippen LogP contribution in [0.25, 0.3) is 0 Å². The van der Waals surface area contributed by atoms with E-state index in [1.165, 1.54) is 18.2 Å². The number of nitrogens with zero attached hydrogens (tertiary/aromatic N) is 1. The summed E-state index contributed by atoms with van der Waals surface area (Å²) in [6.07, 6.45) is -6.00. The minimum absolute atomic E-state index is 0.00905. The number of phenols is 3. The predicted molar refractivity (Wildman–Crippen MR) is 164 cm³/mol. The quantitative estimate of drug-likeness (QED) is 0.211. The van der Waals surface area contributed by atoms with Crippen LogP contribution >= 0.6 is 0 Å².